The van der Waals surface area contributed by atoms with E-state index in [-0.39, 0.29) is 25.4 Å². The van der Waals surface area contributed by atoms with E-state index in [9.17, 15) is 19.0 Å². The van der Waals surface area contributed by atoms with Crippen LogP contribution in [-0.2, 0) is 32.7 Å². The maximum absolute atomic E-state index is 12.4. The quantitative estimate of drug-likeness (QED) is 0.0311. The summed E-state index contributed by atoms with van der Waals surface area (Å²) in [5, 5.41) is 0. The van der Waals surface area contributed by atoms with E-state index in [4.69, 9.17) is 14.0 Å². The summed E-state index contributed by atoms with van der Waals surface area (Å²) in [4.78, 5) is 34.3. The van der Waals surface area contributed by atoms with Crippen molar-refractivity contribution in [3.05, 3.63) is 24.3 Å². The minimum atomic E-state index is -4.26. The molecule has 0 spiro atoms. The van der Waals surface area contributed by atoms with Crippen LogP contribution in [0.3, 0.4) is 0 Å². The van der Waals surface area contributed by atoms with Crippen molar-refractivity contribution in [1.82, 2.24) is 0 Å². The van der Waals surface area contributed by atoms with Crippen molar-refractivity contribution in [2.75, 3.05) is 20.3 Å². The largest absolute Gasteiger partial charge is 0.472 e. The molecule has 0 saturated carbocycles. The number of phosphoric acid groups is 1. The Labute approximate surface area is 282 Å². The van der Waals surface area contributed by atoms with E-state index in [2.05, 4.69) is 42.7 Å². The summed E-state index contributed by atoms with van der Waals surface area (Å²) < 4.78 is 31.8. The number of ether oxygens (including phenoxy) is 2. The standard InChI is InChI=1S/C37H69O8P/c1-4-6-8-10-12-14-16-18-20-22-24-26-28-30-32-37(39)45-35(34-44-46(40,41)42-3)33-43-36(38)31-29-27-25-23-21-19-17-15-13-11-9-7-5-2/h15-18,35H,4-14,19-34H2,1-3H3,(H,40,41)/b17-15-,18-16-. The molecule has 0 aromatic carbocycles. The van der Waals surface area contributed by atoms with E-state index in [1.807, 2.05) is 0 Å². The minimum Gasteiger partial charge on any atom is -0.462 e. The Hall–Kier alpha value is -1.47. The predicted molar refractivity (Wildman–Crippen MR) is 189 cm³/mol. The number of phosphoric ester groups is 1. The first-order valence-electron chi connectivity index (χ1n) is 18.5. The minimum absolute atomic E-state index is 0.231. The second-order valence-corrected chi connectivity index (χ2v) is 13.9. The SMILES string of the molecule is CCCCCC/C=C\CCCCCCCC(=O)OCC(COP(=O)(O)OC)OC(=O)CCCCCCC/C=C\CCCCCCC. The summed E-state index contributed by atoms with van der Waals surface area (Å²) >= 11 is 0. The Balaban J connectivity index is 4.10. The second-order valence-electron chi connectivity index (χ2n) is 12.3. The van der Waals surface area contributed by atoms with Crippen LogP contribution >= 0.6 is 7.82 Å². The zero-order valence-corrected chi connectivity index (χ0v) is 30.6. The zero-order valence-electron chi connectivity index (χ0n) is 29.7. The van der Waals surface area contributed by atoms with Gasteiger partial charge in [-0.2, -0.15) is 0 Å². The van der Waals surface area contributed by atoms with Crippen molar-refractivity contribution in [2.45, 2.75) is 180 Å². The van der Waals surface area contributed by atoms with Crippen molar-refractivity contribution >= 4 is 19.8 Å². The fraction of sp³-hybridized carbons (Fsp3) is 0.838. The maximum Gasteiger partial charge on any atom is 0.472 e. The third-order valence-electron chi connectivity index (χ3n) is 7.92. The van der Waals surface area contributed by atoms with E-state index in [0.717, 1.165) is 77.7 Å². The van der Waals surface area contributed by atoms with E-state index < -0.39 is 26.5 Å². The summed E-state index contributed by atoms with van der Waals surface area (Å²) in [5.41, 5.74) is 0. The van der Waals surface area contributed by atoms with Crippen LogP contribution in [0.5, 0.6) is 0 Å². The summed E-state index contributed by atoms with van der Waals surface area (Å²) in [5.74, 6) is -0.823. The van der Waals surface area contributed by atoms with Crippen LogP contribution in [0.15, 0.2) is 24.3 Å². The number of rotatable bonds is 34. The third kappa shape index (κ3) is 32.5. The summed E-state index contributed by atoms with van der Waals surface area (Å²) in [7, 11) is -3.20. The first kappa shape index (κ1) is 44.5. The summed E-state index contributed by atoms with van der Waals surface area (Å²) in [6.07, 6.45) is 35.1. The average molecular weight is 673 g/mol. The van der Waals surface area contributed by atoms with E-state index >= 15 is 0 Å². The highest BCUT2D eigenvalue weighted by molar-refractivity contribution is 7.47. The number of hydrogen-bond donors (Lipinski definition) is 1. The van der Waals surface area contributed by atoms with Gasteiger partial charge in [0.2, 0.25) is 0 Å². The monoisotopic (exact) mass is 672 g/mol. The molecular formula is C37H69O8P. The highest BCUT2D eigenvalue weighted by atomic mass is 31.2. The fourth-order valence-corrected chi connectivity index (χ4v) is 5.46. The van der Waals surface area contributed by atoms with E-state index in [1.165, 1.54) is 70.6 Å². The van der Waals surface area contributed by atoms with Gasteiger partial charge in [-0.1, -0.05) is 122 Å². The molecule has 0 aromatic rings. The molecule has 2 unspecified atom stereocenters. The predicted octanol–water partition coefficient (Wildman–Crippen LogP) is 11.1. The fourth-order valence-electron chi connectivity index (χ4n) is 5.00. The van der Waals surface area contributed by atoms with Crippen molar-refractivity contribution in [3.8, 4) is 0 Å². The normalized spacial score (nSPS) is 13.7. The molecule has 0 amide bonds. The Morgan fingerprint density at radius 3 is 1.43 bits per heavy atom. The molecule has 0 rings (SSSR count). The molecule has 270 valence electrons. The van der Waals surface area contributed by atoms with Gasteiger partial charge in [0.15, 0.2) is 6.10 Å². The van der Waals surface area contributed by atoms with Crippen molar-refractivity contribution in [1.29, 1.82) is 0 Å². The maximum atomic E-state index is 12.4. The number of esters is 2. The first-order chi connectivity index (χ1) is 22.3. The van der Waals surface area contributed by atoms with Gasteiger partial charge in [0.05, 0.1) is 6.61 Å². The molecule has 0 aromatic heterocycles. The van der Waals surface area contributed by atoms with Gasteiger partial charge in [0.25, 0.3) is 0 Å². The smallest absolute Gasteiger partial charge is 0.462 e. The highest BCUT2D eigenvalue weighted by Crippen LogP contribution is 2.42. The molecule has 0 aliphatic carbocycles. The molecule has 0 bridgehead atoms. The number of hydrogen-bond acceptors (Lipinski definition) is 7. The molecular weight excluding hydrogens is 603 g/mol. The lowest BCUT2D eigenvalue weighted by atomic mass is 10.1. The molecule has 0 aliphatic rings. The average Bonchev–Trinajstić information content (AvgIpc) is 3.04. The summed E-state index contributed by atoms with van der Waals surface area (Å²) in [6, 6.07) is 0. The summed E-state index contributed by atoms with van der Waals surface area (Å²) in [6.45, 7) is 3.83. The molecule has 8 nitrogen and oxygen atoms in total. The molecule has 0 aliphatic heterocycles. The van der Waals surface area contributed by atoms with E-state index in [0.29, 0.717) is 6.42 Å². The van der Waals surface area contributed by atoms with Crippen LogP contribution in [0.2, 0.25) is 0 Å². The van der Waals surface area contributed by atoms with Crippen LogP contribution in [0.25, 0.3) is 0 Å². The second kappa shape index (κ2) is 33.4. The van der Waals surface area contributed by atoms with Gasteiger partial charge in [-0.3, -0.25) is 18.6 Å². The number of allylic oxidation sites excluding steroid dienone is 4. The van der Waals surface area contributed by atoms with Crippen LogP contribution < -0.4 is 0 Å². The first-order valence-corrected chi connectivity index (χ1v) is 20.0. The zero-order chi connectivity index (χ0) is 34.0. The molecule has 2 atom stereocenters. The molecule has 0 radical (unpaired) electrons. The van der Waals surface area contributed by atoms with Crippen LogP contribution in [-0.4, -0.2) is 43.3 Å². The number of carbonyl (C=O) groups is 2. The van der Waals surface area contributed by atoms with Crippen molar-refractivity contribution in [3.63, 3.8) is 0 Å². The van der Waals surface area contributed by atoms with Gasteiger partial charge >= 0.3 is 19.8 Å². The topological polar surface area (TPSA) is 108 Å². The molecule has 0 heterocycles. The molecule has 46 heavy (non-hydrogen) atoms. The van der Waals surface area contributed by atoms with Gasteiger partial charge in [-0.05, 0) is 64.2 Å². The molecule has 1 N–H and O–H groups in total. The lowest BCUT2D eigenvalue weighted by Crippen LogP contribution is -2.29. The van der Waals surface area contributed by atoms with Gasteiger partial charge in [-0.15, -0.1) is 0 Å². The van der Waals surface area contributed by atoms with Crippen molar-refractivity contribution in [2.24, 2.45) is 0 Å². The van der Waals surface area contributed by atoms with Crippen LogP contribution in [0.4, 0.5) is 0 Å². The Morgan fingerprint density at radius 1 is 0.587 bits per heavy atom. The van der Waals surface area contributed by atoms with Gasteiger partial charge in [0, 0.05) is 20.0 Å². The molecule has 0 fully saturated rings. The third-order valence-corrected chi connectivity index (χ3v) is 8.85. The Morgan fingerprint density at radius 2 is 0.978 bits per heavy atom. The van der Waals surface area contributed by atoms with Gasteiger partial charge in [0.1, 0.15) is 6.61 Å². The lowest BCUT2D eigenvalue weighted by Gasteiger charge is -2.19. The molecule has 0 saturated heterocycles. The lowest BCUT2D eigenvalue weighted by molar-refractivity contribution is -0.161. The Kier molecular flexibility index (Phi) is 32.4. The number of unbranched alkanes of at least 4 members (excludes halogenated alkanes) is 19. The van der Waals surface area contributed by atoms with Crippen LogP contribution in [0.1, 0.15) is 174 Å². The van der Waals surface area contributed by atoms with E-state index in [1.54, 1.807) is 0 Å². The van der Waals surface area contributed by atoms with Crippen molar-refractivity contribution < 1.29 is 37.6 Å². The number of carbonyl (C=O) groups excluding carboxylic acids is 2. The van der Waals surface area contributed by atoms with Gasteiger partial charge < -0.3 is 14.4 Å². The molecule has 9 heteroatoms. The van der Waals surface area contributed by atoms with Crippen LogP contribution in [0, 0.1) is 0 Å². The Bertz CT molecular complexity index is 813. The van der Waals surface area contributed by atoms with Gasteiger partial charge in [-0.25, -0.2) is 4.57 Å². The highest BCUT2D eigenvalue weighted by Gasteiger charge is 2.24.